The molecule has 80 valence electrons. The molecule has 2 aromatic heterocycles. The van der Waals surface area contributed by atoms with Crippen LogP contribution in [-0.2, 0) is 5.41 Å². The first-order valence-electron chi connectivity index (χ1n) is 5.27. The van der Waals surface area contributed by atoms with Crippen LogP contribution in [0, 0.1) is 18.3 Å². The van der Waals surface area contributed by atoms with Gasteiger partial charge in [0.15, 0.2) is 5.76 Å². The van der Waals surface area contributed by atoms with Crippen molar-refractivity contribution in [2.75, 3.05) is 0 Å². The average Bonchev–Trinajstić information content (AvgIpc) is 2.73. The number of hydrogen-bond donors (Lipinski definition) is 1. The average molecular weight is 213 g/mol. The second-order valence-electron chi connectivity index (χ2n) is 4.23. The second-order valence-corrected chi connectivity index (χ2v) is 4.23. The number of nitrogens with zero attached hydrogens (tertiary/aromatic N) is 2. The molecule has 4 nitrogen and oxygen atoms in total. The molecule has 4 heteroatoms. The van der Waals surface area contributed by atoms with Crippen LogP contribution in [0.25, 0.3) is 11.5 Å². The SMILES string of the molecule is Cc1[nH]c(C2(C#N)CC2)nc1-c1ccco1. The molecule has 0 radical (unpaired) electrons. The summed E-state index contributed by atoms with van der Waals surface area (Å²) in [4.78, 5) is 7.68. The van der Waals surface area contributed by atoms with Gasteiger partial charge in [0.25, 0.3) is 0 Å². The van der Waals surface area contributed by atoms with Gasteiger partial charge in [0.1, 0.15) is 16.9 Å². The Balaban J connectivity index is 2.07. The third-order valence-corrected chi connectivity index (χ3v) is 3.06. The Morgan fingerprint density at radius 2 is 2.38 bits per heavy atom. The number of rotatable bonds is 2. The first kappa shape index (κ1) is 9.22. The fraction of sp³-hybridized carbons (Fsp3) is 0.333. The highest BCUT2D eigenvalue weighted by Gasteiger charge is 2.48. The number of H-pyrrole nitrogens is 1. The van der Waals surface area contributed by atoms with E-state index in [9.17, 15) is 0 Å². The summed E-state index contributed by atoms with van der Waals surface area (Å²) in [5.41, 5.74) is 1.39. The van der Waals surface area contributed by atoms with Crippen molar-refractivity contribution in [2.45, 2.75) is 25.2 Å². The quantitative estimate of drug-likeness (QED) is 0.833. The molecule has 1 aliphatic rings. The fourth-order valence-electron chi connectivity index (χ4n) is 1.87. The number of aromatic amines is 1. The zero-order valence-electron chi connectivity index (χ0n) is 8.95. The Bertz CT molecular complexity index is 556. The highest BCUT2D eigenvalue weighted by molar-refractivity contribution is 5.56. The molecular weight excluding hydrogens is 202 g/mol. The molecule has 2 aromatic rings. The van der Waals surface area contributed by atoms with Crippen LogP contribution in [0.3, 0.4) is 0 Å². The van der Waals surface area contributed by atoms with Gasteiger partial charge >= 0.3 is 0 Å². The molecule has 1 aliphatic carbocycles. The maximum absolute atomic E-state index is 9.11. The van der Waals surface area contributed by atoms with Crippen molar-refractivity contribution in [1.82, 2.24) is 9.97 Å². The molecule has 0 saturated heterocycles. The minimum absolute atomic E-state index is 0.365. The summed E-state index contributed by atoms with van der Waals surface area (Å²) in [5, 5.41) is 9.11. The summed E-state index contributed by atoms with van der Waals surface area (Å²) in [5.74, 6) is 1.52. The highest BCUT2D eigenvalue weighted by Crippen LogP contribution is 2.46. The molecule has 3 rings (SSSR count). The number of hydrogen-bond acceptors (Lipinski definition) is 3. The number of imidazole rings is 1. The molecule has 1 N–H and O–H groups in total. The predicted octanol–water partition coefficient (Wildman–Crippen LogP) is 2.53. The monoisotopic (exact) mass is 213 g/mol. The Morgan fingerprint density at radius 1 is 1.56 bits per heavy atom. The van der Waals surface area contributed by atoms with Crippen LogP contribution in [0.15, 0.2) is 22.8 Å². The molecule has 2 heterocycles. The lowest BCUT2D eigenvalue weighted by atomic mass is 10.1. The van der Waals surface area contributed by atoms with Crippen molar-refractivity contribution in [3.8, 4) is 17.5 Å². The summed E-state index contributed by atoms with van der Waals surface area (Å²) in [6.45, 7) is 1.95. The van der Waals surface area contributed by atoms with Crippen molar-refractivity contribution >= 4 is 0 Å². The van der Waals surface area contributed by atoms with Crippen molar-refractivity contribution in [1.29, 1.82) is 5.26 Å². The lowest BCUT2D eigenvalue weighted by molar-refractivity contribution is 0.579. The molecule has 0 aliphatic heterocycles. The summed E-state index contributed by atoms with van der Waals surface area (Å²) >= 11 is 0. The molecule has 0 spiro atoms. The third kappa shape index (κ3) is 1.18. The number of furan rings is 1. The van der Waals surface area contributed by atoms with Crippen molar-refractivity contribution in [2.24, 2.45) is 0 Å². The number of aromatic nitrogens is 2. The van der Waals surface area contributed by atoms with Crippen LogP contribution < -0.4 is 0 Å². The standard InChI is InChI=1S/C12H11N3O/c1-8-10(9-3-2-6-16-9)15-11(14-8)12(7-13)4-5-12/h2-3,6H,4-5H2,1H3,(H,14,15). The van der Waals surface area contributed by atoms with Gasteiger partial charge in [0.05, 0.1) is 12.3 Å². The van der Waals surface area contributed by atoms with Crippen LogP contribution in [0.5, 0.6) is 0 Å². The van der Waals surface area contributed by atoms with Gasteiger partial charge in [-0.25, -0.2) is 4.98 Å². The van der Waals surface area contributed by atoms with Crippen molar-refractivity contribution < 1.29 is 4.42 Å². The molecule has 0 unspecified atom stereocenters. The van der Waals surface area contributed by atoms with Gasteiger partial charge in [-0.05, 0) is 31.9 Å². The van der Waals surface area contributed by atoms with Gasteiger partial charge in [-0.15, -0.1) is 0 Å². The van der Waals surface area contributed by atoms with Crippen LogP contribution in [0.1, 0.15) is 24.4 Å². The Labute approximate surface area is 92.9 Å². The molecule has 1 saturated carbocycles. The van der Waals surface area contributed by atoms with E-state index in [2.05, 4.69) is 16.0 Å². The van der Waals surface area contributed by atoms with E-state index in [4.69, 9.17) is 9.68 Å². The van der Waals surface area contributed by atoms with Gasteiger partial charge in [-0.3, -0.25) is 0 Å². The number of aryl methyl sites for hydroxylation is 1. The lowest BCUT2D eigenvalue weighted by Gasteiger charge is -1.97. The van der Waals surface area contributed by atoms with E-state index in [1.807, 2.05) is 19.1 Å². The fourth-order valence-corrected chi connectivity index (χ4v) is 1.87. The highest BCUT2D eigenvalue weighted by atomic mass is 16.3. The van der Waals surface area contributed by atoms with Gasteiger partial charge in [0.2, 0.25) is 0 Å². The molecule has 0 atom stereocenters. The zero-order valence-corrected chi connectivity index (χ0v) is 8.95. The van der Waals surface area contributed by atoms with E-state index in [-0.39, 0.29) is 5.41 Å². The first-order valence-corrected chi connectivity index (χ1v) is 5.27. The van der Waals surface area contributed by atoms with Gasteiger partial charge in [-0.2, -0.15) is 5.26 Å². The summed E-state index contributed by atoms with van der Waals surface area (Å²) in [7, 11) is 0. The van der Waals surface area contributed by atoms with Crippen LogP contribution in [-0.4, -0.2) is 9.97 Å². The molecule has 0 bridgehead atoms. The molecule has 0 amide bonds. The van der Waals surface area contributed by atoms with Gasteiger partial charge < -0.3 is 9.40 Å². The third-order valence-electron chi connectivity index (χ3n) is 3.06. The number of nitriles is 1. The van der Waals surface area contributed by atoms with Crippen LogP contribution in [0.2, 0.25) is 0 Å². The smallest absolute Gasteiger partial charge is 0.154 e. The predicted molar refractivity (Wildman–Crippen MR) is 57.6 cm³/mol. The second kappa shape index (κ2) is 2.99. The normalized spacial score (nSPS) is 17.0. The van der Waals surface area contributed by atoms with E-state index in [0.717, 1.165) is 35.8 Å². The maximum atomic E-state index is 9.11. The zero-order chi connectivity index (χ0) is 11.2. The molecule has 0 aromatic carbocycles. The Kier molecular flexibility index (Phi) is 1.72. The molecular formula is C12H11N3O. The Morgan fingerprint density at radius 3 is 2.94 bits per heavy atom. The van der Waals surface area contributed by atoms with Gasteiger partial charge in [0, 0.05) is 5.69 Å². The molecule has 16 heavy (non-hydrogen) atoms. The minimum atomic E-state index is -0.365. The van der Waals surface area contributed by atoms with E-state index >= 15 is 0 Å². The van der Waals surface area contributed by atoms with Crippen molar-refractivity contribution in [3.63, 3.8) is 0 Å². The van der Waals surface area contributed by atoms with Crippen LogP contribution >= 0.6 is 0 Å². The van der Waals surface area contributed by atoms with Crippen LogP contribution in [0.4, 0.5) is 0 Å². The summed E-state index contributed by atoms with van der Waals surface area (Å²) in [6, 6.07) is 6.04. The summed E-state index contributed by atoms with van der Waals surface area (Å²) in [6.07, 6.45) is 3.42. The Hall–Kier alpha value is -2.02. The van der Waals surface area contributed by atoms with E-state index in [1.165, 1.54) is 0 Å². The molecule has 1 fully saturated rings. The lowest BCUT2D eigenvalue weighted by Crippen LogP contribution is -2.04. The summed E-state index contributed by atoms with van der Waals surface area (Å²) < 4.78 is 5.32. The maximum Gasteiger partial charge on any atom is 0.154 e. The number of nitrogens with one attached hydrogen (secondary N) is 1. The minimum Gasteiger partial charge on any atom is -0.463 e. The van der Waals surface area contributed by atoms with E-state index in [0.29, 0.717) is 0 Å². The van der Waals surface area contributed by atoms with Gasteiger partial charge in [-0.1, -0.05) is 0 Å². The topological polar surface area (TPSA) is 65.6 Å². The largest absolute Gasteiger partial charge is 0.463 e. The van der Waals surface area contributed by atoms with E-state index < -0.39 is 0 Å². The van der Waals surface area contributed by atoms with Crippen molar-refractivity contribution in [3.05, 3.63) is 29.9 Å². The van der Waals surface area contributed by atoms with E-state index in [1.54, 1.807) is 6.26 Å². The first-order chi connectivity index (χ1) is 7.75.